The van der Waals surface area contributed by atoms with Crippen molar-refractivity contribution in [2.24, 2.45) is 0 Å². The molecule has 1 fully saturated rings. The van der Waals surface area contributed by atoms with Crippen LogP contribution in [0.2, 0.25) is 0 Å². The molecule has 1 unspecified atom stereocenters. The lowest BCUT2D eigenvalue weighted by Gasteiger charge is -2.27. The maximum absolute atomic E-state index is 13.1. The van der Waals surface area contributed by atoms with Gasteiger partial charge in [-0.1, -0.05) is 6.92 Å². The molecular weight excluding hydrogens is 687 g/mol. The molecule has 2 heterocycles. The zero-order chi connectivity index (χ0) is 35.3. The molecule has 4 rings (SSSR count). The number of benzene rings is 2. The van der Waals surface area contributed by atoms with Gasteiger partial charge in [0, 0.05) is 30.2 Å². The fourth-order valence-electron chi connectivity index (χ4n) is 3.85. The molecule has 3 aromatic rings. The van der Waals surface area contributed by atoms with Gasteiger partial charge in [0.05, 0.1) is 49.3 Å². The van der Waals surface area contributed by atoms with Crippen molar-refractivity contribution in [3.05, 3.63) is 59.1 Å². The van der Waals surface area contributed by atoms with E-state index >= 15 is 0 Å². The SMILES string of the molecule is CCC(O)COC(C)=O.CCOP(=O)(Cc1csc(NC(=O)c2cc(Oc3ccc(S(C)(=O)=O)cc3)cc(OC3COC3)c2)n1)OCC. The van der Waals surface area contributed by atoms with Gasteiger partial charge in [-0.05, 0) is 56.7 Å². The van der Waals surface area contributed by atoms with Gasteiger partial charge >= 0.3 is 13.6 Å². The summed E-state index contributed by atoms with van der Waals surface area (Å²) in [6.45, 7) is 8.09. The molecule has 1 aromatic heterocycles. The van der Waals surface area contributed by atoms with Gasteiger partial charge in [-0.2, -0.15) is 0 Å². The Morgan fingerprint density at radius 2 is 1.71 bits per heavy atom. The van der Waals surface area contributed by atoms with E-state index in [1.54, 1.807) is 31.4 Å². The Bertz CT molecular complexity index is 1650. The number of aliphatic hydroxyl groups is 1. The Balaban J connectivity index is 0.000000609. The largest absolute Gasteiger partial charge is 0.485 e. The van der Waals surface area contributed by atoms with E-state index in [-0.39, 0.29) is 48.5 Å². The number of esters is 1. The van der Waals surface area contributed by atoms with E-state index in [1.165, 1.54) is 48.6 Å². The molecule has 1 atom stereocenters. The highest BCUT2D eigenvalue weighted by Gasteiger charge is 2.26. The smallest absolute Gasteiger partial charge is 0.336 e. The van der Waals surface area contributed by atoms with E-state index in [0.29, 0.717) is 47.7 Å². The minimum absolute atomic E-state index is 0.00997. The number of ether oxygens (including phenoxy) is 4. The Kier molecular flexibility index (Phi) is 15.0. The van der Waals surface area contributed by atoms with E-state index in [4.69, 9.17) is 28.4 Å². The monoisotopic (exact) mass is 728 g/mol. The third-order valence-electron chi connectivity index (χ3n) is 6.27. The van der Waals surface area contributed by atoms with E-state index < -0.39 is 29.4 Å². The lowest BCUT2D eigenvalue weighted by atomic mass is 10.2. The van der Waals surface area contributed by atoms with Gasteiger partial charge < -0.3 is 33.1 Å². The van der Waals surface area contributed by atoms with Gasteiger partial charge in [-0.25, -0.2) is 13.4 Å². The molecule has 2 N–H and O–H groups in total. The number of sulfone groups is 1. The van der Waals surface area contributed by atoms with Crippen molar-refractivity contribution in [2.45, 2.75) is 57.4 Å². The molecular formula is C31H41N2O12PS2. The third-order valence-corrected chi connectivity index (χ3v) is 10.2. The number of hydrogen-bond donors (Lipinski definition) is 2. The van der Waals surface area contributed by atoms with Crippen molar-refractivity contribution in [1.29, 1.82) is 0 Å². The maximum Gasteiger partial charge on any atom is 0.336 e. The predicted molar refractivity (Wildman–Crippen MR) is 179 cm³/mol. The van der Waals surface area contributed by atoms with E-state index in [0.717, 1.165) is 6.26 Å². The fraction of sp³-hybridized carbons (Fsp3) is 0.452. The average Bonchev–Trinajstić information content (AvgIpc) is 3.43. The summed E-state index contributed by atoms with van der Waals surface area (Å²) in [5, 5.41) is 13.6. The predicted octanol–water partition coefficient (Wildman–Crippen LogP) is 5.46. The Morgan fingerprint density at radius 1 is 1.06 bits per heavy atom. The molecule has 0 radical (unpaired) electrons. The summed E-state index contributed by atoms with van der Waals surface area (Å²) in [4.78, 5) is 27.8. The van der Waals surface area contributed by atoms with Crippen LogP contribution in [0.5, 0.6) is 17.2 Å². The summed E-state index contributed by atoms with van der Waals surface area (Å²) in [7, 11) is -6.68. The minimum atomic E-state index is -3.35. The van der Waals surface area contributed by atoms with Gasteiger partial charge in [-0.3, -0.25) is 19.5 Å². The first-order chi connectivity index (χ1) is 22.7. The molecule has 0 bridgehead atoms. The molecule has 1 aliphatic heterocycles. The second-order valence-corrected chi connectivity index (χ2v) is 15.3. The summed E-state index contributed by atoms with van der Waals surface area (Å²) in [5.41, 5.74) is 0.728. The van der Waals surface area contributed by atoms with Gasteiger partial charge in [0.25, 0.3) is 5.91 Å². The number of aromatic nitrogens is 1. The van der Waals surface area contributed by atoms with Crippen molar-refractivity contribution < 1.29 is 55.7 Å². The Morgan fingerprint density at radius 3 is 2.25 bits per heavy atom. The molecule has 2 aromatic carbocycles. The molecule has 17 heteroatoms. The van der Waals surface area contributed by atoms with E-state index in [1.807, 2.05) is 6.92 Å². The highest BCUT2D eigenvalue weighted by atomic mass is 32.2. The number of nitrogens with zero attached hydrogens (tertiary/aromatic N) is 1. The average molecular weight is 729 g/mol. The van der Waals surface area contributed by atoms with Crippen LogP contribution in [0.1, 0.15) is 50.2 Å². The number of hydrogen-bond acceptors (Lipinski definition) is 14. The van der Waals surface area contributed by atoms with Crippen LogP contribution in [-0.4, -0.2) is 81.9 Å². The highest BCUT2D eigenvalue weighted by Crippen LogP contribution is 2.51. The molecule has 1 aliphatic rings. The quantitative estimate of drug-likeness (QED) is 0.140. The summed E-state index contributed by atoms with van der Waals surface area (Å²) in [6.07, 6.45) is 1.09. The number of thiazole rings is 1. The summed E-state index contributed by atoms with van der Waals surface area (Å²) < 4.78 is 68.4. The molecule has 48 heavy (non-hydrogen) atoms. The molecule has 1 saturated heterocycles. The molecule has 0 saturated carbocycles. The number of carbonyl (C=O) groups is 2. The normalized spacial score (nSPS) is 13.8. The minimum Gasteiger partial charge on any atom is -0.485 e. The lowest BCUT2D eigenvalue weighted by Crippen LogP contribution is -2.38. The lowest BCUT2D eigenvalue weighted by molar-refractivity contribution is -0.143. The topological polar surface area (TPSA) is 186 Å². The van der Waals surface area contributed by atoms with Crippen LogP contribution in [0.15, 0.2) is 52.7 Å². The molecule has 1 amide bonds. The zero-order valence-corrected chi connectivity index (χ0v) is 29.9. The van der Waals surface area contributed by atoms with Gasteiger partial charge in [0.15, 0.2) is 15.0 Å². The number of amides is 1. The second kappa shape index (κ2) is 18.4. The van der Waals surface area contributed by atoms with Crippen LogP contribution in [0.25, 0.3) is 0 Å². The van der Waals surface area contributed by atoms with Gasteiger partial charge in [-0.15, -0.1) is 11.3 Å². The summed E-state index contributed by atoms with van der Waals surface area (Å²) in [6, 6.07) is 10.7. The highest BCUT2D eigenvalue weighted by molar-refractivity contribution is 7.90. The van der Waals surface area contributed by atoms with E-state index in [2.05, 4.69) is 15.0 Å². The summed E-state index contributed by atoms with van der Waals surface area (Å²) in [5.74, 6) is 0.311. The second-order valence-electron chi connectivity index (χ2n) is 10.4. The van der Waals surface area contributed by atoms with Crippen LogP contribution in [0.3, 0.4) is 0 Å². The summed E-state index contributed by atoms with van der Waals surface area (Å²) >= 11 is 1.18. The van der Waals surface area contributed by atoms with Gasteiger partial charge in [0.2, 0.25) is 0 Å². The first-order valence-corrected chi connectivity index (χ1v) is 19.6. The van der Waals surface area contributed by atoms with Crippen molar-refractivity contribution >= 4 is 45.8 Å². The van der Waals surface area contributed by atoms with Gasteiger partial charge in [0.1, 0.15) is 30.0 Å². The van der Waals surface area contributed by atoms with Crippen molar-refractivity contribution in [2.75, 3.05) is 44.6 Å². The number of nitrogens with one attached hydrogen (secondary N) is 1. The van der Waals surface area contributed by atoms with Crippen LogP contribution >= 0.6 is 18.9 Å². The Hall–Kier alpha value is -3.37. The number of anilines is 1. The molecule has 14 nitrogen and oxygen atoms in total. The molecule has 264 valence electrons. The van der Waals surface area contributed by atoms with Crippen LogP contribution in [-0.2, 0) is 43.9 Å². The Labute approximate surface area is 284 Å². The molecule has 0 spiro atoms. The zero-order valence-electron chi connectivity index (χ0n) is 27.4. The van der Waals surface area contributed by atoms with Crippen molar-refractivity contribution in [3.63, 3.8) is 0 Å². The van der Waals surface area contributed by atoms with Crippen LogP contribution in [0.4, 0.5) is 5.13 Å². The standard InChI is InChI=1S/C25H29N2O9PS2.C6H12O3/c1-4-33-37(29,34-5-2)15-18-16-38-25(26-18)27-24(28)17-10-20(12-21(11-17)36-22-13-32-14-22)35-19-6-8-23(9-7-19)39(3,30)31;1-3-6(8)4-9-5(2)7/h6-12,16,22H,4-5,13-15H2,1-3H3,(H,26,27,28);6,8H,3-4H2,1-2H3. The number of rotatable bonds is 16. The first-order valence-electron chi connectivity index (χ1n) is 15.1. The van der Waals surface area contributed by atoms with Crippen LogP contribution in [0, 0.1) is 0 Å². The fourth-order valence-corrected chi connectivity index (χ4v) is 6.92. The third kappa shape index (κ3) is 12.9. The van der Waals surface area contributed by atoms with Crippen molar-refractivity contribution in [3.8, 4) is 17.2 Å². The van der Waals surface area contributed by atoms with E-state index in [9.17, 15) is 22.6 Å². The molecule has 0 aliphatic carbocycles. The van der Waals surface area contributed by atoms with Crippen molar-refractivity contribution in [1.82, 2.24) is 4.98 Å². The van der Waals surface area contributed by atoms with Crippen LogP contribution < -0.4 is 14.8 Å². The first kappa shape index (κ1) is 39.1. The maximum atomic E-state index is 13.1. The number of aliphatic hydroxyl groups excluding tert-OH is 1. The number of carbonyl (C=O) groups excluding carboxylic acids is 2.